The van der Waals surface area contributed by atoms with Crippen LogP contribution in [0.1, 0.15) is 5.82 Å². The number of rotatable bonds is 8. The molecular formula is C26H27FN4O2S. The number of thiophene rings is 1. The molecule has 34 heavy (non-hydrogen) atoms. The molecule has 2 aromatic carbocycles. The summed E-state index contributed by atoms with van der Waals surface area (Å²) in [6.45, 7) is 4.81. The number of para-hydroxylation sites is 1. The number of anilines is 1. The van der Waals surface area contributed by atoms with Crippen molar-refractivity contribution in [3.05, 3.63) is 71.6 Å². The molecule has 6 nitrogen and oxygen atoms in total. The fourth-order valence-corrected chi connectivity index (χ4v) is 5.02. The van der Waals surface area contributed by atoms with E-state index in [-0.39, 0.29) is 11.6 Å². The first-order chi connectivity index (χ1) is 16.7. The van der Waals surface area contributed by atoms with Gasteiger partial charge in [0, 0.05) is 31.1 Å². The highest BCUT2D eigenvalue weighted by Crippen LogP contribution is 2.38. The Hall–Kier alpha value is -3.07. The Balaban J connectivity index is 1.44. The molecule has 1 aliphatic heterocycles. The van der Waals surface area contributed by atoms with Crippen molar-refractivity contribution in [3.63, 3.8) is 0 Å². The number of fused-ring (bicyclic) bond motifs is 1. The van der Waals surface area contributed by atoms with Gasteiger partial charge in [-0.1, -0.05) is 42.5 Å². The third-order valence-corrected chi connectivity index (χ3v) is 6.77. The third-order valence-electron chi connectivity index (χ3n) is 5.90. The van der Waals surface area contributed by atoms with Gasteiger partial charge in [-0.15, -0.1) is 11.3 Å². The SMILES string of the molecule is CN(CCOc1ccccc1F)c1nc(CN2CCOCC2)nc2scc(-c3ccccc3)c12. The number of nitrogens with zero attached hydrogens (tertiary/aromatic N) is 4. The molecule has 3 heterocycles. The van der Waals surface area contributed by atoms with E-state index in [2.05, 4.69) is 27.3 Å². The van der Waals surface area contributed by atoms with E-state index in [1.165, 1.54) is 6.07 Å². The molecule has 0 saturated carbocycles. The van der Waals surface area contributed by atoms with Gasteiger partial charge in [0.15, 0.2) is 11.6 Å². The van der Waals surface area contributed by atoms with Crippen LogP contribution in [0.2, 0.25) is 0 Å². The lowest BCUT2D eigenvalue weighted by Crippen LogP contribution is -2.36. The summed E-state index contributed by atoms with van der Waals surface area (Å²) < 4.78 is 25.1. The number of morpholine rings is 1. The lowest BCUT2D eigenvalue weighted by atomic mass is 10.1. The predicted molar refractivity (Wildman–Crippen MR) is 134 cm³/mol. The number of halogens is 1. The van der Waals surface area contributed by atoms with E-state index in [9.17, 15) is 4.39 Å². The van der Waals surface area contributed by atoms with Crippen LogP contribution in [0.4, 0.5) is 10.2 Å². The molecule has 0 amide bonds. The third kappa shape index (κ3) is 5.04. The Morgan fingerprint density at radius 2 is 1.82 bits per heavy atom. The lowest BCUT2D eigenvalue weighted by molar-refractivity contribution is 0.0331. The molecule has 0 unspecified atom stereocenters. The minimum atomic E-state index is -0.355. The lowest BCUT2D eigenvalue weighted by Gasteiger charge is -2.26. The topological polar surface area (TPSA) is 50.7 Å². The monoisotopic (exact) mass is 478 g/mol. The Morgan fingerprint density at radius 3 is 2.62 bits per heavy atom. The van der Waals surface area contributed by atoms with Crippen LogP contribution in [0.5, 0.6) is 5.75 Å². The van der Waals surface area contributed by atoms with Gasteiger partial charge >= 0.3 is 0 Å². The summed E-state index contributed by atoms with van der Waals surface area (Å²) in [5.41, 5.74) is 2.26. The van der Waals surface area contributed by atoms with E-state index in [4.69, 9.17) is 19.4 Å². The van der Waals surface area contributed by atoms with Crippen LogP contribution in [0.3, 0.4) is 0 Å². The van der Waals surface area contributed by atoms with Gasteiger partial charge < -0.3 is 14.4 Å². The summed E-state index contributed by atoms with van der Waals surface area (Å²) in [4.78, 5) is 15.3. The quantitative estimate of drug-likeness (QED) is 0.361. The number of aromatic nitrogens is 2. The van der Waals surface area contributed by atoms with Gasteiger partial charge in [0.05, 0.1) is 31.7 Å². The van der Waals surface area contributed by atoms with Crippen LogP contribution in [0.15, 0.2) is 60.0 Å². The molecule has 4 aromatic rings. The first-order valence-electron chi connectivity index (χ1n) is 11.4. The second kappa shape index (κ2) is 10.5. The largest absolute Gasteiger partial charge is 0.489 e. The van der Waals surface area contributed by atoms with Gasteiger partial charge in [-0.25, -0.2) is 14.4 Å². The smallest absolute Gasteiger partial charge is 0.165 e. The maximum atomic E-state index is 13.9. The molecule has 0 spiro atoms. The molecule has 1 aliphatic rings. The van der Waals surface area contributed by atoms with E-state index in [1.54, 1.807) is 29.5 Å². The molecule has 0 atom stereocenters. The van der Waals surface area contributed by atoms with Gasteiger partial charge in [0.1, 0.15) is 23.1 Å². The average molecular weight is 479 g/mol. The predicted octanol–water partition coefficient (Wildman–Crippen LogP) is 4.84. The highest BCUT2D eigenvalue weighted by Gasteiger charge is 2.20. The molecule has 1 saturated heterocycles. The highest BCUT2D eigenvalue weighted by atomic mass is 32.1. The van der Waals surface area contributed by atoms with Gasteiger partial charge in [-0.2, -0.15) is 0 Å². The van der Waals surface area contributed by atoms with Crippen LogP contribution in [0, 0.1) is 5.82 Å². The highest BCUT2D eigenvalue weighted by molar-refractivity contribution is 7.17. The van der Waals surface area contributed by atoms with E-state index in [0.29, 0.717) is 19.7 Å². The zero-order chi connectivity index (χ0) is 23.3. The van der Waals surface area contributed by atoms with Crippen LogP contribution in [-0.4, -0.2) is 61.4 Å². The summed E-state index contributed by atoms with van der Waals surface area (Å²) in [5, 5.41) is 3.19. The van der Waals surface area contributed by atoms with Crippen LogP contribution >= 0.6 is 11.3 Å². The Labute approximate surface area is 202 Å². The molecule has 0 aliphatic carbocycles. The first kappa shape index (κ1) is 22.7. The number of benzene rings is 2. The van der Waals surface area contributed by atoms with Crippen LogP contribution in [0.25, 0.3) is 21.3 Å². The molecule has 0 bridgehead atoms. The maximum Gasteiger partial charge on any atom is 0.165 e. The molecule has 176 valence electrons. The maximum absolute atomic E-state index is 13.9. The van der Waals surface area contributed by atoms with Crippen molar-refractivity contribution in [2.24, 2.45) is 0 Å². The van der Waals surface area contributed by atoms with E-state index < -0.39 is 0 Å². The Kier molecular flexibility index (Phi) is 6.99. The van der Waals surface area contributed by atoms with Crippen molar-refractivity contribution in [3.8, 4) is 16.9 Å². The van der Waals surface area contributed by atoms with Crippen LogP contribution in [-0.2, 0) is 11.3 Å². The summed E-state index contributed by atoms with van der Waals surface area (Å²) in [6, 6.07) is 16.8. The number of hydrogen-bond acceptors (Lipinski definition) is 7. The average Bonchev–Trinajstić information content (AvgIpc) is 3.30. The molecule has 1 fully saturated rings. The molecule has 5 rings (SSSR count). The zero-order valence-corrected chi connectivity index (χ0v) is 19.9. The minimum absolute atomic E-state index is 0.261. The normalized spacial score (nSPS) is 14.4. The number of ether oxygens (including phenoxy) is 2. The first-order valence-corrected chi connectivity index (χ1v) is 12.3. The second-order valence-corrected chi connectivity index (χ2v) is 9.11. The fourth-order valence-electron chi connectivity index (χ4n) is 4.06. The molecule has 8 heteroatoms. The summed E-state index contributed by atoms with van der Waals surface area (Å²) in [5.74, 6) is 1.57. The number of hydrogen-bond donors (Lipinski definition) is 0. The standard InChI is InChI=1S/C26H27FN4O2S/c1-30(11-16-33-22-10-6-5-9-21(22)27)25-24-20(19-7-3-2-4-8-19)18-34-26(24)29-23(28-25)17-31-12-14-32-15-13-31/h2-10,18H,11-17H2,1H3. The Bertz CT molecular complexity index is 1240. The summed E-state index contributed by atoms with van der Waals surface area (Å²) in [6.07, 6.45) is 0. The molecule has 0 N–H and O–H groups in total. The second-order valence-electron chi connectivity index (χ2n) is 8.25. The molecule has 0 radical (unpaired) electrons. The van der Waals surface area contributed by atoms with E-state index >= 15 is 0 Å². The fraction of sp³-hybridized carbons (Fsp3) is 0.308. The van der Waals surface area contributed by atoms with Gasteiger partial charge in [-0.3, -0.25) is 4.90 Å². The summed E-state index contributed by atoms with van der Waals surface area (Å²) >= 11 is 1.64. The van der Waals surface area contributed by atoms with Crippen molar-refractivity contribution < 1.29 is 13.9 Å². The minimum Gasteiger partial charge on any atom is -0.489 e. The van der Waals surface area contributed by atoms with Crippen molar-refractivity contribution in [2.45, 2.75) is 6.54 Å². The molecular weight excluding hydrogens is 451 g/mol. The van der Waals surface area contributed by atoms with Gasteiger partial charge in [0.25, 0.3) is 0 Å². The van der Waals surface area contributed by atoms with E-state index in [1.807, 2.05) is 25.2 Å². The number of likely N-dealkylation sites (N-methyl/N-ethyl adjacent to an activating group) is 1. The van der Waals surface area contributed by atoms with E-state index in [0.717, 1.165) is 59.3 Å². The van der Waals surface area contributed by atoms with Gasteiger partial charge in [-0.05, 0) is 17.7 Å². The van der Waals surface area contributed by atoms with Crippen LogP contribution < -0.4 is 9.64 Å². The van der Waals surface area contributed by atoms with Crippen molar-refractivity contribution in [1.82, 2.24) is 14.9 Å². The Morgan fingerprint density at radius 1 is 1.06 bits per heavy atom. The van der Waals surface area contributed by atoms with Gasteiger partial charge in [0.2, 0.25) is 0 Å². The zero-order valence-electron chi connectivity index (χ0n) is 19.1. The molecule has 2 aromatic heterocycles. The van der Waals surface area contributed by atoms with Crippen molar-refractivity contribution >= 4 is 27.4 Å². The summed E-state index contributed by atoms with van der Waals surface area (Å²) in [7, 11) is 2.00. The van der Waals surface area contributed by atoms with Crippen molar-refractivity contribution in [2.75, 3.05) is 51.4 Å². The van der Waals surface area contributed by atoms with Crippen molar-refractivity contribution in [1.29, 1.82) is 0 Å².